The molecule has 0 saturated carbocycles. The number of aromatic nitrogens is 2. The molecule has 0 bridgehead atoms. The number of likely N-dealkylation sites (tertiary alicyclic amines) is 1. The monoisotopic (exact) mass is 257 g/mol. The normalized spacial score (nSPS) is 23.8. The molecule has 4 nitrogen and oxygen atoms in total. The largest absolute Gasteiger partial charge is 0.325 e. The Morgan fingerprint density at radius 3 is 2.79 bits per heavy atom. The lowest BCUT2D eigenvalue weighted by Crippen LogP contribution is -2.33. The minimum absolute atomic E-state index is 0.00147. The van der Waals surface area contributed by atoms with Crippen LogP contribution in [0.1, 0.15) is 24.9 Å². The average Bonchev–Trinajstić information content (AvgIpc) is 2.98. The van der Waals surface area contributed by atoms with E-state index in [9.17, 15) is 4.79 Å². The van der Waals surface area contributed by atoms with E-state index in [2.05, 4.69) is 41.1 Å². The number of imidazole rings is 1. The van der Waals surface area contributed by atoms with Crippen molar-refractivity contribution in [3.05, 3.63) is 58.8 Å². The topological polar surface area (TPSA) is 41.0 Å². The van der Waals surface area contributed by atoms with Crippen LogP contribution >= 0.6 is 0 Å². The third-order valence-electron chi connectivity index (χ3n) is 4.11. The summed E-state index contributed by atoms with van der Waals surface area (Å²) in [7, 11) is 0. The van der Waals surface area contributed by atoms with E-state index in [1.54, 1.807) is 6.20 Å². The van der Waals surface area contributed by atoms with Gasteiger partial charge in [-0.1, -0.05) is 30.3 Å². The Bertz CT molecular complexity index is 587. The van der Waals surface area contributed by atoms with Crippen LogP contribution in [-0.2, 0) is 6.54 Å². The van der Waals surface area contributed by atoms with Gasteiger partial charge in [0.2, 0.25) is 0 Å². The minimum Gasteiger partial charge on any atom is -0.313 e. The lowest BCUT2D eigenvalue weighted by atomic mass is 10.1. The second kappa shape index (κ2) is 5.05. The number of benzene rings is 1. The van der Waals surface area contributed by atoms with Crippen molar-refractivity contribution in [1.82, 2.24) is 14.5 Å². The van der Waals surface area contributed by atoms with Crippen LogP contribution in [0.15, 0.2) is 47.5 Å². The van der Waals surface area contributed by atoms with Gasteiger partial charge in [0.05, 0.1) is 6.04 Å². The standard InChI is InChI=1S/C15H19N3O/c1-12-14(18-10-8-16-15(18)19)7-9-17(12)11-13-5-3-2-4-6-13/h2-6,8,10,12,14H,7,9,11H2,1H3,(H,16,19). The molecule has 1 aliphatic heterocycles. The van der Waals surface area contributed by atoms with Gasteiger partial charge in [0.1, 0.15) is 0 Å². The Morgan fingerprint density at radius 1 is 1.32 bits per heavy atom. The molecule has 2 unspecified atom stereocenters. The molecular formula is C15H19N3O. The van der Waals surface area contributed by atoms with E-state index in [4.69, 9.17) is 0 Å². The molecule has 0 spiro atoms. The van der Waals surface area contributed by atoms with E-state index < -0.39 is 0 Å². The fraction of sp³-hybridized carbons (Fsp3) is 0.400. The van der Waals surface area contributed by atoms with Crippen LogP contribution in [0.25, 0.3) is 0 Å². The molecule has 0 amide bonds. The first kappa shape index (κ1) is 12.2. The van der Waals surface area contributed by atoms with Crippen LogP contribution in [0.5, 0.6) is 0 Å². The summed E-state index contributed by atoms with van der Waals surface area (Å²) in [4.78, 5) is 16.9. The predicted octanol–water partition coefficient (Wildman–Crippen LogP) is 2.01. The van der Waals surface area contributed by atoms with E-state index in [-0.39, 0.29) is 11.7 Å². The predicted molar refractivity (Wildman–Crippen MR) is 75.0 cm³/mol. The Kier molecular flexibility index (Phi) is 3.25. The molecule has 2 aromatic rings. The van der Waals surface area contributed by atoms with E-state index in [1.165, 1.54) is 5.56 Å². The van der Waals surface area contributed by atoms with Gasteiger partial charge in [-0.25, -0.2) is 4.79 Å². The first-order valence-corrected chi connectivity index (χ1v) is 6.79. The molecule has 1 aliphatic rings. The van der Waals surface area contributed by atoms with E-state index in [0.29, 0.717) is 6.04 Å². The number of nitrogens with zero attached hydrogens (tertiary/aromatic N) is 2. The highest BCUT2D eigenvalue weighted by molar-refractivity contribution is 5.15. The molecule has 1 aromatic heterocycles. The number of nitrogens with one attached hydrogen (secondary N) is 1. The summed E-state index contributed by atoms with van der Waals surface area (Å²) in [6.45, 7) is 4.20. The van der Waals surface area contributed by atoms with Gasteiger partial charge in [0, 0.05) is 31.5 Å². The molecule has 4 heteroatoms. The maximum absolute atomic E-state index is 11.7. The van der Waals surface area contributed by atoms with Crippen molar-refractivity contribution in [1.29, 1.82) is 0 Å². The highest BCUT2D eigenvalue weighted by Crippen LogP contribution is 2.28. The second-order valence-electron chi connectivity index (χ2n) is 5.23. The Hall–Kier alpha value is -1.81. The highest BCUT2D eigenvalue weighted by Gasteiger charge is 2.32. The zero-order chi connectivity index (χ0) is 13.2. The summed E-state index contributed by atoms with van der Waals surface area (Å²) < 4.78 is 1.83. The Labute approximate surface area is 112 Å². The van der Waals surface area contributed by atoms with Gasteiger partial charge in [0.25, 0.3) is 0 Å². The quantitative estimate of drug-likeness (QED) is 0.914. The van der Waals surface area contributed by atoms with Crippen LogP contribution in [-0.4, -0.2) is 27.0 Å². The molecular weight excluding hydrogens is 238 g/mol. The third-order valence-corrected chi connectivity index (χ3v) is 4.11. The molecule has 1 fully saturated rings. The van der Waals surface area contributed by atoms with Crippen LogP contribution in [0.2, 0.25) is 0 Å². The van der Waals surface area contributed by atoms with Gasteiger partial charge in [-0.15, -0.1) is 0 Å². The molecule has 1 saturated heterocycles. The lowest BCUT2D eigenvalue weighted by Gasteiger charge is -2.24. The Morgan fingerprint density at radius 2 is 2.11 bits per heavy atom. The first-order valence-electron chi connectivity index (χ1n) is 6.79. The SMILES string of the molecule is CC1C(n2cc[nH]c2=O)CCN1Cc1ccccc1. The Balaban J connectivity index is 1.74. The van der Waals surface area contributed by atoms with Crippen molar-refractivity contribution < 1.29 is 0 Å². The van der Waals surface area contributed by atoms with Crippen molar-refractivity contribution in [2.75, 3.05) is 6.54 Å². The molecule has 3 rings (SSSR count). The number of rotatable bonds is 3. The number of aromatic amines is 1. The van der Waals surface area contributed by atoms with Crippen molar-refractivity contribution in [3.8, 4) is 0 Å². The van der Waals surface area contributed by atoms with Crippen LogP contribution in [0, 0.1) is 0 Å². The van der Waals surface area contributed by atoms with Gasteiger partial charge in [0.15, 0.2) is 0 Å². The average molecular weight is 257 g/mol. The van der Waals surface area contributed by atoms with Crippen molar-refractivity contribution >= 4 is 0 Å². The van der Waals surface area contributed by atoms with E-state index in [0.717, 1.165) is 19.5 Å². The zero-order valence-electron chi connectivity index (χ0n) is 11.1. The van der Waals surface area contributed by atoms with Crippen molar-refractivity contribution in [3.63, 3.8) is 0 Å². The van der Waals surface area contributed by atoms with Gasteiger partial charge in [-0.3, -0.25) is 9.47 Å². The lowest BCUT2D eigenvalue weighted by molar-refractivity contribution is 0.233. The smallest absolute Gasteiger partial charge is 0.313 e. The third kappa shape index (κ3) is 2.36. The summed E-state index contributed by atoms with van der Waals surface area (Å²) in [6.07, 6.45) is 4.61. The van der Waals surface area contributed by atoms with Crippen molar-refractivity contribution in [2.24, 2.45) is 0 Å². The van der Waals surface area contributed by atoms with Gasteiger partial charge >= 0.3 is 5.69 Å². The summed E-state index contributed by atoms with van der Waals surface area (Å²) in [6, 6.07) is 11.2. The van der Waals surface area contributed by atoms with Crippen LogP contribution < -0.4 is 5.69 Å². The molecule has 19 heavy (non-hydrogen) atoms. The molecule has 2 heterocycles. The number of hydrogen-bond acceptors (Lipinski definition) is 2. The van der Waals surface area contributed by atoms with Gasteiger partial charge < -0.3 is 4.98 Å². The summed E-state index contributed by atoms with van der Waals surface area (Å²) >= 11 is 0. The summed E-state index contributed by atoms with van der Waals surface area (Å²) in [5, 5.41) is 0. The highest BCUT2D eigenvalue weighted by atomic mass is 16.1. The number of hydrogen-bond donors (Lipinski definition) is 1. The fourth-order valence-corrected chi connectivity index (χ4v) is 2.99. The minimum atomic E-state index is -0.00147. The molecule has 1 aromatic carbocycles. The molecule has 0 radical (unpaired) electrons. The van der Waals surface area contributed by atoms with E-state index >= 15 is 0 Å². The summed E-state index contributed by atoms with van der Waals surface area (Å²) in [5.41, 5.74) is 1.33. The van der Waals surface area contributed by atoms with E-state index in [1.807, 2.05) is 16.8 Å². The van der Waals surface area contributed by atoms with Crippen molar-refractivity contribution in [2.45, 2.75) is 32.0 Å². The van der Waals surface area contributed by atoms with Gasteiger partial charge in [-0.2, -0.15) is 0 Å². The van der Waals surface area contributed by atoms with Gasteiger partial charge in [-0.05, 0) is 18.9 Å². The second-order valence-corrected chi connectivity index (χ2v) is 5.23. The first-order chi connectivity index (χ1) is 9.25. The molecule has 2 atom stereocenters. The maximum Gasteiger partial charge on any atom is 0.325 e. The molecule has 100 valence electrons. The molecule has 1 N–H and O–H groups in total. The fourth-order valence-electron chi connectivity index (χ4n) is 2.99. The number of H-pyrrole nitrogens is 1. The van der Waals surface area contributed by atoms with Crippen LogP contribution in [0.4, 0.5) is 0 Å². The maximum atomic E-state index is 11.7. The van der Waals surface area contributed by atoms with Crippen LogP contribution in [0.3, 0.4) is 0 Å². The molecule has 0 aliphatic carbocycles. The summed E-state index contributed by atoms with van der Waals surface area (Å²) in [5.74, 6) is 0. The zero-order valence-corrected chi connectivity index (χ0v) is 11.1.